The topological polar surface area (TPSA) is 76.0 Å². The molecule has 0 saturated heterocycles. The highest BCUT2D eigenvalue weighted by molar-refractivity contribution is 6.30. The van der Waals surface area contributed by atoms with E-state index in [0.717, 1.165) is 11.1 Å². The highest BCUT2D eigenvalue weighted by Crippen LogP contribution is 2.20. The molecule has 0 bridgehead atoms. The van der Waals surface area contributed by atoms with Crippen LogP contribution in [-0.4, -0.2) is 22.4 Å². The minimum absolute atomic E-state index is 0.206. The molecule has 6 nitrogen and oxygen atoms in total. The fraction of sp³-hybridized carbons (Fsp3) is 0.150. The van der Waals surface area contributed by atoms with Crippen molar-refractivity contribution >= 4 is 23.3 Å². The fourth-order valence-electron chi connectivity index (χ4n) is 2.62. The van der Waals surface area contributed by atoms with Crippen LogP contribution in [0.5, 0.6) is 0 Å². The Morgan fingerprint density at radius 3 is 2.70 bits per heavy atom. The SMILES string of the molecule is CCNC(=O)Nc1cccc(Cn2nc(-c3cccc(Cl)c3)ccc2=O)c1. The summed E-state index contributed by atoms with van der Waals surface area (Å²) in [6.07, 6.45) is 0. The molecule has 1 aromatic heterocycles. The maximum atomic E-state index is 12.2. The number of anilines is 1. The molecular formula is C20H19ClN4O2. The quantitative estimate of drug-likeness (QED) is 0.705. The lowest BCUT2D eigenvalue weighted by molar-refractivity contribution is 0.252. The van der Waals surface area contributed by atoms with E-state index in [-0.39, 0.29) is 18.1 Å². The Morgan fingerprint density at radius 2 is 1.93 bits per heavy atom. The maximum Gasteiger partial charge on any atom is 0.319 e. The molecule has 27 heavy (non-hydrogen) atoms. The standard InChI is InChI=1S/C20H19ClN4O2/c1-2-22-20(27)23-17-8-3-5-14(11-17)13-25-19(26)10-9-18(24-25)15-6-4-7-16(21)12-15/h3-12H,2,13H2,1H3,(H2,22,23,27). The number of nitrogens with one attached hydrogen (secondary N) is 2. The average Bonchev–Trinajstić information content (AvgIpc) is 2.64. The summed E-state index contributed by atoms with van der Waals surface area (Å²) >= 11 is 6.04. The van der Waals surface area contributed by atoms with Crippen molar-refractivity contribution in [2.75, 3.05) is 11.9 Å². The molecule has 2 amide bonds. The molecule has 3 aromatic rings. The summed E-state index contributed by atoms with van der Waals surface area (Å²) in [5.74, 6) is 0. The molecule has 138 valence electrons. The molecule has 7 heteroatoms. The Labute approximate surface area is 161 Å². The zero-order chi connectivity index (χ0) is 19.2. The molecule has 0 atom stereocenters. The predicted octanol–water partition coefficient (Wildman–Crippen LogP) is 3.75. The number of carbonyl (C=O) groups is 1. The van der Waals surface area contributed by atoms with E-state index in [1.54, 1.807) is 24.3 Å². The van der Waals surface area contributed by atoms with Crippen LogP contribution in [0.25, 0.3) is 11.3 Å². The first-order valence-electron chi connectivity index (χ1n) is 8.53. The molecule has 0 aliphatic rings. The smallest absolute Gasteiger partial charge is 0.319 e. The largest absolute Gasteiger partial charge is 0.338 e. The van der Waals surface area contributed by atoms with Gasteiger partial charge in [0.25, 0.3) is 5.56 Å². The van der Waals surface area contributed by atoms with Gasteiger partial charge in [0.1, 0.15) is 0 Å². The van der Waals surface area contributed by atoms with Crippen molar-refractivity contribution in [1.82, 2.24) is 15.1 Å². The molecule has 0 aliphatic heterocycles. The lowest BCUT2D eigenvalue weighted by Gasteiger charge is -2.10. The lowest BCUT2D eigenvalue weighted by Crippen LogP contribution is -2.28. The number of amides is 2. The maximum absolute atomic E-state index is 12.2. The molecule has 0 spiro atoms. The Kier molecular flexibility index (Phi) is 5.88. The number of nitrogens with zero attached hydrogens (tertiary/aromatic N) is 2. The molecular weight excluding hydrogens is 364 g/mol. The van der Waals surface area contributed by atoms with E-state index in [1.807, 2.05) is 37.3 Å². The van der Waals surface area contributed by atoms with Gasteiger partial charge < -0.3 is 10.6 Å². The van der Waals surface area contributed by atoms with Gasteiger partial charge in [-0.05, 0) is 42.8 Å². The van der Waals surface area contributed by atoms with E-state index in [0.29, 0.717) is 22.9 Å². The van der Waals surface area contributed by atoms with Gasteiger partial charge in [0.05, 0.1) is 12.2 Å². The normalized spacial score (nSPS) is 10.4. The summed E-state index contributed by atoms with van der Waals surface area (Å²) in [5.41, 5.74) is 2.79. The van der Waals surface area contributed by atoms with Crippen LogP contribution in [0.1, 0.15) is 12.5 Å². The second kappa shape index (κ2) is 8.51. The first-order valence-corrected chi connectivity index (χ1v) is 8.91. The van der Waals surface area contributed by atoms with E-state index in [2.05, 4.69) is 15.7 Å². The summed E-state index contributed by atoms with van der Waals surface area (Å²) in [5, 5.41) is 10.5. The zero-order valence-corrected chi connectivity index (χ0v) is 15.5. The Morgan fingerprint density at radius 1 is 1.11 bits per heavy atom. The van der Waals surface area contributed by atoms with Crippen molar-refractivity contribution in [2.45, 2.75) is 13.5 Å². The van der Waals surface area contributed by atoms with Gasteiger partial charge in [0, 0.05) is 28.9 Å². The van der Waals surface area contributed by atoms with Crippen LogP contribution in [-0.2, 0) is 6.54 Å². The summed E-state index contributed by atoms with van der Waals surface area (Å²) < 4.78 is 1.39. The summed E-state index contributed by atoms with van der Waals surface area (Å²) in [6, 6.07) is 17.5. The minimum atomic E-state index is -0.270. The van der Waals surface area contributed by atoms with E-state index in [1.165, 1.54) is 10.7 Å². The number of rotatable bonds is 5. The third-order valence-electron chi connectivity index (χ3n) is 3.84. The van der Waals surface area contributed by atoms with Gasteiger partial charge in [-0.1, -0.05) is 35.9 Å². The first-order chi connectivity index (χ1) is 13.0. The molecule has 1 heterocycles. The highest BCUT2D eigenvalue weighted by atomic mass is 35.5. The van der Waals surface area contributed by atoms with Gasteiger partial charge >= 0.3 is 6.03 Å². The van der Waals surface area contributed by atoms with Gasteiger partial charge in [0.2, 0.25) is 0 Å². The van der Waals surface area contributed by atoms with E-state index >= 15 is 0 Å². The van der Waals surface area contributed by atoms with Crippen molar-refractivity contribution in [3.63, 3.8) is 0 Å². The molecule has 0 saturated carbocycles. The zero-order valence-electron chi connectivity index (χ0n) is 14.8. The number of urea groups is 1. The Hall–Kier alpha value is -3.12. The number of hydrogen-bond acceptors (Lipinski definition) is 3. The summed E-state index contributed by atoms with van der Waals surface area (Å²) in [6.45, 7) is 2.68. The molecule has 0 unspecified atom stereocenters. The van der Waals surface area contributed by atoms with Crippen molar-refractivity contribution in [3.05, 3.63) is 81.6 Å². The third kappa shape index (κ3) is 4.95. The molecule has 2 aromatic carbocycles. The Balaban J connectivity index is 1.84. The molecule has 0 radical (unpaired) electrons. The molecule has 3 rings (SSSR count). The van der Waals surface area contributed by atoms with Gasteiger partial charge in [-0.15, -0.1) is 0 Å². The van der Waals surface area contributed by atoms with Gasteiger partial charge in [-0.25, -0.2) is 9.48 Å². The molecule has 2 N–H and O–H groups in total. The number of halogens is 1. The van der Waals surface area contributed by atoms with E-state index < -0.39 is 0 Å². The average molecular weight is 383 g/mol. The molecule has 0 aliphatic carbocycles. The second-order valence-electron chi connectivity index (χ2n) is 5.91. The van der Waals surface area contributed by atoms with Crippen molar-refractivity contribution in [1.29, 1.82) is 0 Å². The monoisotopic (exact) mass is 382 g/mol. The van der Waals surface area contributed by atoms with Crippen LogP contribution in [0, 0.1) is 0 Å². The number of aromatic nitrogens is 2. The fourth-order valence-corrected chi connectivity index (χ4v) is 2.81. The predicted molar refractivity (Wildman–Crippen MR) is 107 cm³/mol. The summed E-state index contributed by atoms with van der Waals surface area (Å²) in [7, 11) is 0. The van der Waals surface area contributed by atoms with Crippen molar-refractivity contribution in [2.24, 2.45) is 0 Å². The number of benzene rings is 2. The van der Waals surface area contributed by atoms with E-state index in [9.17, 15) is 9.59 Å². The number of hydrogen-bond donors (Lipinski definition) is 2. The Bertz CT molecular complexity index is 1020. The third-order valence-corrected chi connectivity index (χ3v) is 4.08. The minimum Gasteiger partial charge on any atom is -0.338 e. The van der Waals surface area contributed by atoms with Crippen LogP contribution < -0.4 is 16.2 Å². The number of carbonyl (C=O) groups excluding carboxylic acids is 1. The van der Waals surface area contributed by atoms with E-state index in [4.69, 9.17) is 11.6 Å². The van der Waals surface area contributed by atoms with Gasteiger partial charge in [-0.3, -0.25) is 4.79 Å². The highest BCUT2D eigenvalue weighted by Gasteiger charge is 2.06. The van der Waals surface area contributed by atoms with Crippen LogP contribution in [0.2, 0.25) is 5.02 Å². The van der Waals surface area contributed by atoms with Crippen LogP contribution in [0.3, 0.4) is 0 Å². The van der Waals surface area contributed by atoms with Crippen LogP contribution in [0.15, 0.2) is 65.5 Å². The lowest BCUT2D eigenvalue weighted by atomic mass is 10.1. The first kappa shape index (κ1) is 18.7. The van der Waals surface area contributed by atoms with Crippen LogP contribution >= 0.6 is 11.6 Å². The van der Waals surface area contributed by atoms with Crippen LogP contribution in [0.4, 0.5) is 10.5 Å². The van der Waals surface area contributed by atoms with Crippen molar-refractivity contribution < 1.29 is 4.79 Å². The summed E-state index contributed by atoms with van der Waals surface area (Å²) in [4.78, 5) is 23.9. The van der Waals surface area contributed by atoms with Gasteiger partial charge in [-0.2, -0.15) is 5.10 Å². The molecule has 0 fully saturated rings. The second-order valence-corrected chi connectivity index (χ2v) is 6.35. The van der Waals surface area contributed by atoms with Gasteiger partial charge in [0.15, 0.2) is 0 Å². The van der Waals surface area contributed by atoms with Crippen molar-refractivity contribution in [3.8, 4) is 11.3 Å².